The number of carbonyl (C=O) groups excluding carboxylic acids is 1. The van der Waals surface area contributed by atoms with Gasteiger partial charge in [0.2, 0.25) is 15.9 Å². The maximum Gasteiger partial charge on any atom is 0.247 e. The summed E-state index contributed by atoms with van der Waals surface area (Å²) in [5.41, 5.74) is 1.39. The van der Waals surface area contributed by atoms with E-state index in [0.29, 0.717) is 12.1 Å². The maximum atomic E-state index is 13.6. The lowest BCUT2D eigenvalue weighted by Gasteiger charge is -2.38. The fraction of sp³-hybridized carbons (Fsp3) is 0.481. The van der Waals surface area contributed by atoms with Crippen LogP contribution >= 0.6 is 0 Å². The van der Waals surface area contributed by atoms with E-state index in [2.05, 4.69) is 16.8 Å². The van der Waals surface area contributed by atoms with Gasteiger partial charge in [-0.25, -0.2) is 8.42 Å². The Labute approximate surface area is 213 Å². The first-order valence-corrected chi connectivity index (χ1v) is 13.7. The highest BCUT2D eigenvalue weighted by Crippen LogP contribution is 2.35. The van der Waals surface area contributed by atoms with Gasteiger partial charge in [-0.3, -0.25) is 9.78 Å². The van der Waals surface area contributed by atoms with Crippen molar-refractivity contribution in [3.8, 4) is 17.6 Å². The monoisotopic (exact) mass is 511 g/mol. The number of rotatable bonds is 5. The van der Waals surface area contributed by atoms with Crippen molar-refractivity contribution >= 4 is 15.9 Å². The molecule has 1 amide bonds. The molecule has 0 saturated heterocycles. The Morgan fingerprint density at radius 3 is 2.56 bits per heavy atom. The molecule has 2 heterocycles. The van der Waals surface area contributed by atoms with Gasteiger partial charge in [-0.15, -0.1) is 0 Å². The molecule has 3 atom stereocenters. The molecule has 192 valence electrons. The predicted octanol–water partition coefficient (Wildman–Crippen LogP) is 2.51. The van der Waals surface area contributed by atoms with Crippen LogP contribution < -0.4 is 4.74 Å². The minimum Gasteiger partial charge on any atom is -0.487 e. The van der Waals surface area contributed by atoms with E-state index in [1.807, 2.05) is 6.92 Å². The zero-order valence-electron chi connectivity index (χ0n) is 20.9. The van der Waals surface area contributed by atoms with Gasteiger partial charge >= 0.3 is 0 Å². The Morgan fingerprint density at radius 1 is 1.22 bits per heavy atom. The van der Waals surface area contributed by atoms with E-state index in [1.54, 1.807) is 55.5 Å². The fourth-order valence-corrected chi connectivity index (χ4v) is 6.25. The van der Waals surface area contributed by atoms with Gasteiger partial charge in [-0.1, -0.05) is 25.2 Å². The van der Waals surface area contributed by atoms with Crippen molar-refractivity contribution < 1.29 is 23.1 Å². The van der Waals surface area contributed by atoms with Crippen molar-refractivity contribution in [3.05, 3.63) is 53.9 Å². The molecule has 1 saturated carbocycles. The molecule has 2 aromatic rings. The second kappa shape index (κ2) is 11.0. The first-order valence-electron chi connectivity index (χ1n) is 12.3. The van der Waals surface area contributed by atoms with Crippen LogP contribution in [0.15, 0.2) is 47.6 Å². The smallest absolute Gasteiger partial charge is 0.247 e. The zero-order chi connectivity index (χ0) is 25.9. The van der Waals surface area contributed by atoms with E-state index in [1.165, 1.54) is 10.4 Å². The van der Waals surface area contributed by atoms with Crippen LogP contribution in [0.1, 0.15) is 44.2 Å². The minimum atomic E-state index is -3.94. The van der Waals surface area contributed by atoms with Crippen LogP contribution in [0.25, 0.3) is 0 Å². The molecule has 0 spiro atoms. The summed E-state index contributed by atoms with van der Waals surface area (Å²) in [6.45, 7) is 3.80. The average Bonchev–Trinajstić information content (AvgIpc) is 2.83. The zero-order valence-corrected chi connectivity index (χ0v) is 21.7. The number of likely N-dealkylation sites (N-methyl/N-ethyl adjacent to an activating group) is 1. The molecule has 9 heteroatoms. The third-order valence-corrected chi connectivity index (χ3v) is 9.00. The van der Waals surface area contributed by atoms with Gasteiger partial charge in [0.1, 0.15) is 16.7 Å². The molecule has 1 N–H and O–H groups in total. The normalized spacial score (nSPS) is 22.4. The third-order valence-electron chi connectivity index (χ3n) is 6.98. The fourth-order valence-electron chi connectivity index (χ4n) is 4.43. The number of aromatic nitrogens is 1. The number of aliphatic hydroxyl groups is 1. The topological polar surface area (TPSA) is 100 Å². The van der Waals surface area contributed by atoms with Gasteiger partial charge in [0, 0.05) is 55.0 Å². The van der Waals surface area contributed by atoms with Crippen molar-refractivity contribution in [2.75, 3.05) is 26.7 Å². The first-order chi connectivity index (χ1) is 17.2. The van der Waals surface area contributed by atoms with Crippen molar-refractivity contribution in [2.24, 2.45) is 11.8 Å². The molecule has 8 nitrogen and oxygen atoms in total. The number of pyridine rings is 1. The Bertz CT molecular complexity index is 1250. The van der Waals surface area contributed by atoms with Gasteiger partial charge in [0.25, 0.3) is 0 Å². The summed E-state index contributed by atoms with van der Waals surface area (Å²) in [4.78, 5) is 18.5. The quantitative estimate of drug-likeness (QED) is 0.620. The number of fused-ring (bicyclic) bond motifs is 1. The number of hydrogen-bond donors (Lipinski definition) is 1. The largest absolute Gasteiger partial charge is 0.487 e. The molecule has 36 heavy (non-hydrogen) atoms. The van der Waals surface area contributed by atoms with E-state index >= 15 is 0 Å². The van der Waals surface area contributed by atoms with Crippen molar-refractivity contribution in [1.82, 2.24) is 14.2 Å². The van der Waals surface area contributed by atoms with Crippen LogP contribution in [0, 0.1) is 23.7 Å². The van der Waals surface area contributed by atoms with Crippen molar-refractivity contribution in [3.63, 3.8) is 0 Å². The van der Waals surface area contributed by atoms with Crippen molar-refractivity contribution in [1.29, 1.82) is 0 Å². The van der Waals surface area contributed by atoms with Gasteiger partial charge in [-0.2, -0.15) is 4.31 Å². The molecule has 0 unspecified atom stereocenters. The van der Waals surface area contributed by atoms with Crippen LogP contribution in [-0.4, -0.2) is 72.5 Å². The van der Waals surface area contributed by atoms with Gasteiger partial charge in [-0.05, 0) is 50.1 Å². The predicted molar refractivity (Wildman–Crippen MR) is 136 cm³/mol. The van der Waals surface area contributed by atoms with E-state index in [4.69, 9.17) is 4.74 Å². The molecule has 1 fully saturated rings. The van der Waals surface area contributed by atoms with Crippen molar-refractivity contribution in [2.45, 2.75) is 50.2 Å². The minimum absolute atomic E-state index is 0.0298. The van der Waals surface area contributed by atoms with E-state index in [9.17, 15) is 18.3 Å². The van der Waals surface area contributed by atoms with Crippen LogP contribution in [0.4, 0.5) is 0 Å². The molecule has 1 aliphatic carbocycles. The highest BCUT2D eigenvalue weighted by atomic mass is 32.2. The number of sulfonamides is 1. The second-order valence-corrected chi connectivity index (χ2v) is 11.6. The Kier molecular flexibility index (Phi) is 7.98. The molecule has 4 rings (SSSR count). The number of nitrogens with zero attached hydrogens (tertiary/aromatic N) is 3. The summed E-state index contributed by atoms with van der Waals surface area (Å²) in [6.07, 6.45) is 5.77. The summed E-state index contributed by atoms with van der Waals surface area (Å²) < 4.78 is 34.9. The molecule has 1 aromatic heterocycles. The molecule has 0 bridgehead atoms. The van der Waals surface area contributed by atoms with Crippen LogP contribution in [0.5, 0.6) is 5.75 Å². The summed E-state index contributed by atoms with van der Waals surface area (Å²) in [5, 5.41) is 9.80. The maximum absolute atomic E-state index is 13.6. The average molecular weight is 512 g/mol. The summed E-state index contributed by atoms with van der Waals surface area (Å²) in [6, 6.07) is 7.79. The summed E-state index contributed by atoms with van der Waals surface area (Å²) >= 11 is 0. The van der Waals surface area contributed by atoms with Gasteiger partial charge in [0.05, 0.1) is 13.2 Å². The lowest BCUT2D eigenvalue weighted by atomic mass is 9.84. The lowest BCUT2D eigenvalue weighted by Crippen LogP contribution is -2.50. The number of amides is 1. The molecule has 0 radical (unpaired) electrons. The molecular weight excluding hydrogens is 478 g/mol. The van der Waals surface area contributed by atoms with E-state index in [-0.39, 0.29) is 41.5 Å². The van der Waals surface area contributed by atoms with Crippen LogP contribution in [-0.2, 0) is 14.8 Å². The summed E-state index contributed by atoms with van der Waals surface area (Å²) in [7, 11) is -2.16. The van der Waals surface area contributed by atoms with E-state index < -0.39 is 22.2 Å². The number of hydrogen-bond acceptors (Lipinski definition) is 6. The highest BCUT2D eigenvalue weighted by molar-refractivity contribution is 7.89. The third kappa shape index (κ3) is 5.56. The highest BCUT2D eigenvalue weighted by Gasteiger charge is 2.39. The lowest BCUT2D eigenvalue weighted by molar-refractivity contribution is -0.138. The second-order valence-electron chi connectivity index (χ2n) is 9.73. The molecule has 2 aliphatic rings. The molecule has 1 aliphatic heterocycles. The van der Waals surface area contributed by atoms with Gasteiger partial charge in [0.15, 0.2) is 0 Å². The molecular formula is C27H33N3O5S. The summed E-state index contributed by atoms with van der Waals surface area (Å²) in [5.74, 6) is 6.25. The van der Waals surface area contributed by atoms with Crippen LogP contribution in [0.2, 0.25) is 0 Å². The Hall–Kier alpha value is -2.93. The number of benzene rings is 1. The van der Waals surface area contributed by atoms with Crippen LogP contribution in [0.3, 0.4) is 0 Å². The van der Waals surface area contributed by atoms with Gasteiger partial charge < -0.3 is 14.7 Å². The number of ether oxygens (including phenoxy) is 1. The standard InChI is InChI=1S/C27H33N3O5S/c1-19-16-30(20(2)18-31)36(33,34)26-10-9-22(8-7-21-11-13-28-14-12-21)15-24(26)35-25(19)17-29(3)27(32)23-5-4-6-23/h9-15,19-20,23,25,31H,4-6,16-18H2,1-3H3/t19-,20-,25-/m1/s1. The number of aliphatic hydroxyl groups excluding tert-OH is 1. The Morgan fingerprint density at radius 2 is 1.92 bits per heavy atom. The van der Waals surface area contributed by atoms with E-state index in [0.717, 1.165) is 24.8 Å². The Balaban J connectivity index is 1.71. The first kappa shape index (κ1) is 26.1. The SMILES string of the molecule is C[C@@H]1CN([C@H](C)CO)S(=O)(=O)c2ccc(C#Cc3ccncc3)cc2O[C@@H]1CN(C)C(=O)C1CCC1. The molecule has 1 aromatic carbocycles. The number of carbonyl (C=O) groups is 1.